The molecular weight excluding hydrogens is 346 g/mol. The molecule has 0 saturated heterocycles. The molecule has 1 heterocycles. The Bertz CT molecular complexity index is 862. The Balaban J connectivity index is 1.68. The van der Waals surface area contributed by atoms with E-state index in [0.717, 1.165) is 22.7 Å². The van der Waals surface area contributed by atoms with Crippen molar-refractivity contribution in [3.63, 3.8) is 0 Å². The zero-order valence-electron chi connectivity index (χ0n) is 14.8. The standard InChI is InChI=1S/C20H21N3O2S/c1-14(2)12-18-22-23-20(26-18)21-19(24)17-11-7-6-8-15(17)13-25-16-9-4-3-5-10-16/h3-11,14H,12-13H2,1-2H3,(H,21,23,24). The minimum atomic E-state index is -0.204. The van der Waals surface area contributed by atoms with Crippen LogP contribution in [0, 0.1) is 5.92 Å². The average molecular weight is 367 g/mol. The Labute approximate surface area is 157 Å². The van der Waals surface area contributed by atoms with Crippen LogP contribution in [-0.2, 0) is 13.0 Å². The molecule has 2 aromatic carbocycles. The molecule has 1 N–H and O–H groups in total. The van der Waals surface area contributed by atoms with Crippen molar-refractivity contribution < 1.29 is 9.53 Å². The van der Waals surface area contributed by atoms with E-state index in [9.17, 15) is 4.79 Å². The molecule has 0 saturated carbocycles. The Morgan fingerprint density at radius 3 is 2.58 bits per heavy atom. The third kappa shape index (κ3) is 4.89. The predicted octanol–water partition coefficient (Wildman–Crippen LogP) is 4.57. The van der Waals surface area contributed by atoms with Gasteiger partial charge in [-0.05, 0) is 24.1 Å². The average Bonchev–Trinajstić information content (AvgIpc) is 3.07. The summed E-state index contributed by atoms with van der Waals surface area (Å²) in [4.78, 5) is 12.6. The number of rotatable bonds is 7. The molecule has 0 bridgehead atoms. The van der Waals surface area contributed by atoms with E-state index in [-0.39, 0.29) is 5.91 Å². The number of hydrogen-bond acceptors (Lipinski definition) is 5. The van der Waals surface area contributed by atoms with Crippen LogP contribution >= 0.6 is 11.3 Å². The van der Waals surface area contributed by atoms with E-state index in [0.29, 0.717) is 23.2 Å². The first kappa shape index (κ1) is 18.1. The van der Waals surface area contributed by atoms with Gasteiger partial charge in [0.1, 0.15) is 17.4 Å². The number of anilines is 1. The highest BCUT2D eigenvalue weighted by molar-refractivity contribution is 7.15. The number of carbonyl (C=O) groups is 1. The van der Waals surface area contributed by atoms with Gasteiger partial charge in [0, 0.05) is 17.5 Å². The minimum Gasteiger partial charge on any atom is -0.489 e. The van der Waals surface area contributed by atoms with Gasteiger partial charge in [0.05, 0.1) is 0 Å². The summed E-state index contributed by atoms with van der Waals surface area (Å²) in [5.41, 5.74) is 1.39. The number of nitrogens with zero attached hydrogens (tertiary/aromatic N) is 2. The van der Waals surface area contributed by atoms with Gasteiger partial charge in [0.15, 0.2) is 0 Å². The molecular formula is C20H21N3O2S. The smallest absolute Gasteiger partial charge is 0.257 e. The van der Waals surface area contributed by atoms with Crippen molar-refractivity contribution in [3.8, 4) is 5.75 Å². The molecule has 0 spiro atoms. The second-order valence-corrected chi connectivity index (χ2v) is 7.37. The number of nitrogens with one attached hydrogen (secondary N) is 1. The molecule has 134 valence electrons. The van der Waals surface area contributed by atoms with Crippen LogP contribution in [0.3, 0.4) is 0 Å². The molecule has 6 heteroatoms. The predicted molar refractivity (Wildman–Crippen MR) is 104 cm³/mol. The van der Waals surface area contributed by atoms with Crippen LogP contribution in [0.5, 0.6) is 5.75 Å². The number of carbonyl (C=O) groups excluding carboxylic acids is 1. The summed E-state index contributed by atoms with van der Waals surface area (Å²) >= 11 is 1.41. The van der Waals surface area contributed by atoms with Crippen molar-refractivity contribution in [1.29, 1.82) is 0 Å². The van der Waals surface area contributed by atoms with Crippen LogP contribution in [0.15, 0.2) is 54.6 Å². The van der Waals surface area contributed by atoms with E-state index >= 15 is 0 Å². The van der Waals surface area contributed by atoms with Gasteiger partial charge in [0.25, 0.3) is 5.91 Å². The van der Waals surface area contributed by atoms with Crippen LogP contribution in [-0.4, -0.2) is 16.1 Å². The molecule has 3 rings (SSSR count). The van der Waals surface area contributed by atoms with Gasteiger partial charge in [-0.1, -0.05) is 61.6 Å². The number of hydrogen-bond donors (Lipinski definition) is 1. The maximum absolute atomic E-state index is 12.6. The summed E-state index contributed by atoms with van der Waals surface area (Å²) in [6, 6.07) is 17.0. The number of ether oxygens (including phenoxy) is 1. The largest absolute Gasteiger partial charge is 0.489 e. The van der Waals surface area contributed by atoms with E-state index in [2.05, 4.69) is 29.4 Å². The van der Waals surface area contributed by atoms with Crippen LogP contribution in [0.2, 0.25) is 0 Å². The monoisotopic (exact) mass is 367 g/mol. The molecule has 1 aromatic heterocycles. The Hall–Kier alpha value is -2.73. The lowest BCUT2D eigenvalue weighted by Crippen LogP contribution is -2.15. The summed E-state index contributed by atoms with van der Waals surface area (Å²) < 4.78 is 5.78. The summed E-state index contributed by atoms with van der Waals surface area (Å²) in [5.74, 6) is 1.07. The van der Waals surface area contributed by atoms with E-state index in [4.69, 9.17) is 4.74 Å². The van der Waals surface area contributed by atoms with E-state index in [1.54, 1.807) is 6.07 Å². The molecule has 0 aliphatic carbocycles. The van der Waals surface area contributed by atoms with Crippen molar-refractivity contribution in [1.82, 2.24) is 10.2 Å². The van der Waals surface area contributed by atoms with Crippen molar-refractivity contribution in [2.75, 3.05) is 5.32 Å². The fourth-order valence-electron chi connectivity index (χ4n) is 2.45. The van der Waals surface area contributed by atoms with Crippen molar-refractivity contribution >= 4 is 22.4 Å². The van der Waals surface area contributed by atoms with E-state index in [1.165, 1.54) is 11.3 Å². The van der Waals surface area contributed by atoms with Gasteiger partial charge in [-0.2, -0.15) is 0 Å². The third-order valence-electron chi connectivity index (χ3n) is 3.67. The number of benzene rings is 2. The quantitative estimate of drug-likeness (QED) is 0.664. The normalized spacial score (nSPS) is 10.7. The van der Waals surface area contributed by atoms with Gasteiger partial charge in [-0.15, -0.1) is 10.2 Å². The Morgan fingerprint density at radius 2 is 1.81 bits per heavy atom. The van der Waals surface area contributed by atoms with Gasteiger partial charge in [-0.3, -0.25) is 10.1 Å². The van der Waals surface area contributed by atoms with Crippen LogP contribution in [0.25, 0.3) is 0 Å². The zero-order chi connectivity index (χ0) is 18.4. The first-order chi connectivity index (χ1) is 12.6. The molecule has 26 heavy (non-hydrogen) atoms. The van der Waals surface area contributed by atoms with Crippen LogP contribution < -0.4 is 10.1 Å². The van der Waals surface area contributed by atoms with Gasteiger partial charge in [-0.25, -0.2) is 0 Å². The Kier molecular flexibility index (Phi) is 5.96. The molecule has 5 nitrogen and oxygen atoms in total. The molecule has 3 aromatic rings. The number of aromatic nitrogens is 2. The molecule has 0 aliphatic rings. The van der Waals surface area contributed by atoms with E-state index < -0.39 is 0 Å². The summed E-state index contributed by atoms with van der Waals surface area (Å²) in [6.07, 6.45) is 0.856. The lowest BCUT2D eigenvalue weighted by molar-refractivity contribution is 0.102. The van der Waals surface area contributed by atoms with Gasteiger partial charge in [0.2, 0.25) is 5.13 Å². The molecule has 0 radical (unpaired) electrons. The Morgan fingerprint density at radius 1 is 1.08 bits per heavy atom. The van der Waals surface area contributed by atoms with Crippen molar-refractivity contribution in [2.45, 2.75) is 26.9 Å². The maximum Gasteiger partial charge on any atom is 0.257 e. The van der Waals surface area contributed by atoms with Gasteiger partial charge < -0.3 is 4.74 Å². The summed E-state index contributed by atoms with van der Waals surface area (Å²) in [6.45, 7) is 4.58. The number of para-hydroxylation sites is 1. The van der Waals surface area contributed by atoms with Crippen LogP contribution in [0.1, 0.15) is 34.8 Å². The first-order valence-corrected chi connectivity index (χ1v) is 9.33. The molecule has 0 atom stereocenters. The molecule has 0 unspecified atom stereocenters. The van der Waals surface area contributed by atoms with Crippen molar-refractivity contribution in [2.24, 2.45) is 5.92 Å². The highest BCUT2D eigenvalue weighted by Crippen LogP contribution is 2.20. The summed E-state index contributed by atoms with van der Waals surface area (Å²) in [7, 11) is 0. The zero-order valence-corrected chi connectivity index (χ0v) is 15.6. The lowest BCUT2D eigenvalue weighted by Gasteiger charge is -2.10. The topological polar surface area (TPSA) is 64.1 Å². The lowest BCUT2D eigenvalue weighted by atomic mass is 10.1. The second kappa shape index (κ2) is 8.58. The van der Waals surface area contributed by atoms with Gasteiger partial charge >= 0.3 is 0 Å². The second-order valence-electron chi connectivity index (χ2n) is 6.31. The molecule has 0 fully saturated rings. The highest BCUT2D eigenvalue weighted by atomic mass is 32.1. The van der Waals surface area contributed by atoms with Crippen molar-refractivity contribution in [3.05, 3.63) is 70.7 Å². The van der Waals surface area contributed by atoms with Crippen LogP contribution in [0.4, 0.5) is 5.13 Å². The fraction of sp³-hybridized carbons (Fsp3) is 0.250. The minimum absolute atomic E-state index is 0.204. The maximum atomic E-state index is 12.6. The van der Waals surface area contributed by atoms with E-state index in [1.807, 2.05) is 48.5 Å². The third-order valence-corrected chi connectivity index (χ3v) is 4.53. The molecule has 1 amide bonds. The SMILES string of the molecule is CC(C)Cc1nnc(NC(=O)c2ccccc2COc2ccccc2)s1. The first-order valence-electron chi connectivity index (χ1n) is 8.51. The highest BCUT2D eigenvalue weighted by Gasteiger charge is 2.14. The number of amides is 1. The fourth-order valence-corrected chi connectivity index (χ4v) is 3.39. The summed E-state index contributed by atoms with van der Waals surface area (Å²) in [5, 5.41) is 12.5. The molecule has 0 aliphatic heterocycles.